The van der Waals surface area contributed by atoms with Crippen LogP contribution in [0.15, 0.2) is 100 Å². The van der Waals surface area contributed by atoms with Crippen molar-refractivity contribution in [3.63, 3.8) is 0 Å². The Labute approximate surface area is 228 Å². The lowest BCUT2D eigenvalue weighted by Crippen LogP contribution is -2.44. The maximum atomic E-state index is 13.4. The highest BCUT2D eigenvalue weighted by Crippen LogP contribution is 2.31. The van der Waals surface area contributed by atoms with Gasteiger partial charge in [0.25, 0.3) is 0 Å². The normalized spacial score (nSPS) is 11.7. The van der Waals surface area contributed by atoms with E-state index in [4.69, 9.17) is 25.5 Å². The van der Waals surface area contributed by atoms with E-state index in [1.165, 1.54) is 0 Å². The Morgan fingerprint density at radius 1 is 0.846 bits per heavy atom. The van der Waals surface area contributed by atoms with Gasteiger partial charge in [-0.2, -0.15) is 0 Å². The van der Waals surface area contributed by atoms with Crippen molar-refractivity contribution in [2.24, 2.45) is 0 Å². The lowest BCUT2D eigenvalue weighted by atomic mass is 10.0. The van der Waals surface area contributed by atoms with Crippen LogP contribution in [-0.4, -0.2) is 18.1 Å². The highest BCUT2D eigenvalue weighted by Gasteiger charge is 2.25. The first-order valence-corrected chi connectivity index (χ1v) is 12.7. The Kier molecular flexibility index (Phi) is 7.61. The van der Waals surface area contributed by atoms with Gasteiger partial charge in [-0.15, -0.1) is 0 Å². The summed E-state index contributed by atoms with van der Waals surface area (Å²) in [5.74, 6) is -0.487. The van der Waals surface area contributed by atoms with E-state index in [0.29, 0.717) is 21.6 Å². The van der Waals surface area contributed by atoms with Crippen LogP contribution in [-0.2, 0) is 22.6 Å². The van der Waals surface area contributed by atoms with Crippen LogP contribution in [0.3, 0.4) is 0 Å². The Bertz CT molecular complexity index is 1710. The van der Waals surface area contributed by atoms with E-state index in [9.17, 15) is 14.4 Å². The number of rotatable bonds is 7. The molecule has 0 spiro atoms. The summed E-state index contributed by atoms with van der Waals surface area (Å²) >= 11 is 6.00. The van der Waals surface area contributed by atoms with Gasteiger partial charge in [-0.25, -0.2) is 14.4 Å². The topological polar surface area (TPSA) is 94.8 Å². The smallest absolute Gasteiger partial charge is 0.408 e. The minimum atomic E-state index is -1.06. The molecule has 0 aliphatic heterocycles. The number of fused-ring (bicyclic) bond motifs is 3. The second-order valence-electron chi connectivity index (χ2n) is 9.01. The van der Waals surface area contributed by atoms with Crippen molar-refractivity contribution in [1.82, 2.24) is 5.32 Å². The van der Waals surface area contributed by atoms with Crippen molar-refractivity contribution in [3.8, 4) is 5.75 Å². The molecular formula is C31H24ClNO6. The van der Waals surface area contributed by atoms with Crippen LogP contribution in [0.2, 0.25) is 5.02 Å². The van der Waals surface area contributed by atoms with Crippen LogP contribution in [0.1, 0.15) is 16.7 Å². The molecule has 1 N–H and O–H groups in total. The molecule has 0 unspecified atom stereocenters. The van der Waals surface area contributed by atoms with E-state index < -0.39 is 23.7 Å². The molecule has 39 heavy (non-hydrogen) atoms. The minimum Gasteiger partial charge on any atom is -0.445 e. The SMILES string of the molecule is Cc1c(OC(=O)[C@H](Cc2ccc(Cl)cc2)NC(=O)OCc2ccccc2)ccc2c1oc(=O)c1ccccc12. The summed E-state index contributed by atoms with van der Waals surface area (Å²) in [5, 5.41) is 5.10. The Morgan fingerprint density at radius 2 is 1.54 bits per heavy atom. The lowest BCUT2D eigenvalue weighted by Gasteiger charge is -2.19. The van der Waals surface area contributed by atoms with Gasteiger partial charge in [0.15, 0.2) is 0 Å². The summed E-state index contributed by atoms with van der Waals surface area (Å²) in [6.45, 7) is 1.75. The standard InChI is InChI=1S/C31H24ClNO6/c1-19-27(16-15-24-23-9-5-6-10-25(23)29(34)39-28(19)24)38-30(35)26(17-20-11-13-22(32)14-12-20)33-31(36)37-18-21-7-3-2-4-8-21/h2-16,26H,17-18H2,1H3,(H,33,36)/t26-/m0/s1. The number of esters is 1. The maximum Gasteiger partial charge on any atom is 0.408 e. The van der Waals surface area contributed by atoms with E-state index in [-0.39, 0.29) is 18.8 Å². The van der Waals surface area contributed by atoms with Crippen molar-refractivity contribution in [2.75, 3.05) is 0 Å². The summed E-state index contributed by atoms with van der Waals surface area (Å²) in [6, 6.07) is 25.6. The van der Waals surface area contributed by atoms with Crippen LogP contribution in [0, 0.1) is 6.92 Å². The van der Waals surface area contributed by atoms with Gasteiger partial charge in [0.1, 0.15) is 24.0 Å². The average Bonchev–Trinajstić information content (AvgIpc) is 2.95. The number of carbonyl (C=O) groups excluding carboxylic acids is 2. The Balaban J connectivity index is 1.39. The van der Waals surface area contributed by atoms with Gasteiger partial charge in [0, 0.05) is 22.4 Å². The van der Waals surface area contributed by atoms with E-state index in [0.717, 1.165) is 21.9 Å². The fraction of sp³-hybridized carbons (Fsp3) is 0.129. The third kappa shape index (κ3) is 5.94. The van der Waals surface area contributed by atoms with Crippen molar-refractivity contribution in [3.05, 3.63) is 123 Å². The molecule has 1 amide bonds. The van der Waals surface area contributed by atoms with E-state index in [1.54, 1.807) is 55.5 Å². The molecule has 1 atom stereocenters. The van der Waals surface area contributed by atoms with Crippen LogP contribution in [0.25, 0.3) is 21.7 Å². The number of hydrogen-bond acceptors (Lipinski definition) is 6. The van der Waals surface area contributed by atoms with E-state index in [2.05, 4.69) is 5.32 Å². The minimum absolute atomic E-state index is 0.0478. The molecule has 0 aliphatic rings. The first-order chi connectivity index (χ1) is 18.9. The molecule has 0 bridgehead atoms. The van der Waals surface area contributed by atoms with Crippen molar-refractivity contribution < 1.29 is 23.5 Å². The number of halogens is 1. The van der Waals surface area contributed by atoms with Gasteiger partial charge in [0.05, 0.1) is 5.39 Å². The Morgan fingerprint density at radius 3 is 2.28 bits per heavy atom. The monoisotopic (exact) mass is 541 g/mol. The van der Waals surface area contributed by atoms with Crippen molar-refractivity contribution >= 4 is 45.4 Å². The fourth-order valence-corrected chi connectivity index (χ4v) is 4.43. The number of benzene rings is 4. The van der Waals surface area contributed by atoms with E-state index >= 15 is 0 Å². The quantitative estimate of drug-likeness (QED) is 0.112. The first-order valence-electron chi connectivity index (χ1n) is 12.3. The van der Waals surface area contributed by atoms with Crippen LogP contribution < -0.4 is 15.7 Å². The van der Waals surface area contributed by atoms with Gasteiger partial charge in [-0.1, -0.05) is 72.3 Å². The van der Waals surface area contributed by atoms with Crippen LogP contribution in [0.4, 0.5) is 4.79 Å². The fourth-order valence-electron chi connectivity index (χ4n) is 4.31. The summed E-state index contributed by atoms with van der Waals surface area (Å²) in [4.78, 5) is 38.5. The molecule has 0 fully saturated rings. The molecular weight excluding hydrogens is 518 g/mol. The molecule has 0 radical (unpaired) electrons. The summed E-state index contributed by atoms with van der Waals surface area (Å²) < 4.78 is 16.6. The maximum absolute atomic E-state index is 13.4. The predicted octanol–water partition coefficient (Wildman–Crippen LogP) is 6.35. The molecule has 4 aromatic carbocycles. The number of ether oxygens (including phenoxy) is 2. The zero-order chi connectivity index (χ0) is 27.4. The third-order valence-electron chi connectivity index (χ3n) is 6.34. The van der Waals surface area contributed by atoms with Gasteiger partial charge in [-0.3, -0.25) is 0 Å². The molecule has 8 heteroatoms. The van der Waals surface area contributed by atoms with Gasteiger partial charge >= 0.3 is 17.7 Å². The lowest BCUT2D eigenvalue weighted by molar-refractivity contribution is -0.136. The van der Waals surface area contributed by atoms with Gasteiger partial charge in [0.2, 0.25) is 0 Å². The number of nitrogens with one attached hydrogen (secondary N) is 1. The summed E-state index contributed by atoms with van der Waals surface area (Å²) in [6.07, 6.45) is -0.620. The largest absolute Gasteiger partial charge is 0.445 e. The average molecular weight is 542 g/mol. The zero-order valence-electron chi connectivity index (χ0n) is 21.0. The van der Waals surface area contributed by atoms with Gasteiger partial charge in [-0.05, 0) is 53.8 Å². The highest BCUT2D eigenvalue weighted by atomic mass is 35.5. The molecule has 0 aliphatic carbocycles. The van der Waals surface area contributed by atoms with Crippen molar-refractivity contribution in [2.45, 2.75) is 26.0 Å². The van der Waals surface area contributed by atoms with Crippen molar-refractivity contribution in [1.29, 1.82) is 0 Å². The number of alkyl carbamates (subject to hydrolysis) is 1. The molecule has 7 nitrogen and oxygen atoms in total. The zero-order valence-corrected chi connectivity index (χ0v) is 21.7. The second kappa shape index (κ2) is 11.4. The molecule has 5 aromatic rings. The third-order valence-corrected chi connectivity index (χ3v) is 6.59. The van der Waals surface area contributed by atoms with Crippen LogP contribution >= 0.6 is 11.6 Å². The van der Waals surface area contributed by atoms with Gasteiger partial charge < -0.3 is 19.2 Å². The molecule has 5 rings (SSSR count). The second-order valence-corrected chi connectivity index (χ2v) is 9.45. The summed E-state index contributed by atoms with van der Waals surface area (Å²) in [5.41, 5.74) is 1.91. The summed E-state index contributed by atoms with van der Waals surface area (Å²) in [7, 11) is 0. The predicted molar refractivity (Wildman–Crippen MR) is 149 cm³/mol. The number of aryl methyl sites for hydroxylation is 1. The molecule has 0 saturated heterocycles. The molecule has 0 saturated carbocycles. The number of carbonyl (C=O) groups is 2. The molecule has 1 aromatic heterocycles. The highest BCUT2D eigenvalue weighted by molar-refractivity contribution is 6.30. The van der Waals surface area contributed by atoms with Crippen LogP contribution in [0.5, 0.6) is 5.75 Å². The van der Waals surface area contributed by atoms with E-state index in [1.807, 2.05) is 42.5 Å². The first kappa shape index (κ1) is 26.0. The molecule has 196 valence electrons. The number of amides is 1. The Hall–Kier alpha value is -4.62. The number of hydrogen-bond donors (Lipinski definition) is 1. The molecule has 1 heterocycles.